The highest BCUT2D eigenvalue weighted by molar-refractivity contribution is 7.90. The SMILES string of the molecule is Cc1ccc(S(=O)(=O)n2ccc3c4c(N5CCC(OS(=O)(=O)c6ccc(C)cc6C)CC5)ccnc4cnc32)cc1. The number of benzene rings is 2. The van der Waals surface area contributed by atoms with Crippen LogP contribution in [-0.4, -0.2) is 50.0 Å². The molecule has 1 aliphatic rings. The van der Waals surface area contributed by atoms with Gasteiger partial charge in [0.15, 0.2) is 5.65 Å². The first-order valence-electron chi connectivity index (χ1n) is 13.4. The number of nitrogens with zero attached hydrogens (tertiary/aromatic N) is 4. The fraction of sp³-hybridized carbons (Fsp3) is 0.267. The van der Waals surface area contributed by atoms with E-state index >= 15 is 0 Å². The maximum atomic E-state index is 13.5. The topological polar surface area (TPSA) is 111 Å². The zero-order chi connectivity index (χ0) is 28.9. The second-order valence-electron chi connectivity index (χ2n) is 10.5. The lowest BCUT2D eigenvalue weighted by molar-refractivity contribution is 0.178. The van der Waals surface area contributed by atoms with Gasteiger partial charge in [-0.3, -0.25) is 9.17 Å². The summed E-state index contributed by atoms with van der Waals surface area (Å²) in [5, 5.41) is 1.48. The zero-order valence-corrected chi connectivity index (χ0v) is 24.6. The molecule has 0 N–H and O–H groups in total. The van der Waals surface area contributed by atoms with Crippen LogP contribution in [0, 0.1) is 20.8 Å². The Morgan fingerprint density at radius 2 is 1.56 bits per heavy atom. The van der Waals surface area contributed by atoms with Crippen LogP contribution in [0.3, 0.4) is 0 Å². The third kappa shape index (κ3) is 4.98. The second-order valence-corrected chi connectivity index (χ2v) is 13.9. The van der Waals surface area contributed by atoms with Gasteiger partial charge in [-0.1, -0.05) is 35.4 Å². The average molecular weight is 591 g/mol. The van der Waals surface area contributed by atoms with Crippen molar-refractivity contribution in [2.24, 2.45) is 0 Å². The summed E-state index contributed by atoms with van der Waals surface area (Å²) in [6, 6.07) is 15.6. The lowest BCUT2D eigenvalue weighted by Gasteiger charge is -2.33. The molecule has 11 heteroatoms. The van der Waals surface area contributed by atoms with Crippen molar-refractivity contribution in [3.63, 3.8) is 0 Å². The van der Waals surface area contributed by atoms with E-state index in [0.29, 0.717) is 48.0 Å². The number of pyridine rings is 2. The Hall–Kier alpha value is -3.80. The van der Waals surface area contributed by atoms with Crippen LogP contribution in [0.25, 0.3) is 21.9 Å². The molecule has 0 aliphatic carbocycles. The molecular formula is C30H30N4O5S2. The number of fused-ring (bicyclic) bond motifs is 3. The predicted octanol–water partition coefficient (Wildman–Crippen LogP) is 5.12. The molecule has 5 aromatic rings. The molecule has 0 atom stereocenters. The molecule has 1 saturated heterocycles. The van der Waals surface area contributed by atoms with Crippen molar-refractivity contribution in [3.8, 4) is 0 Å². The van der Waals surface area contributed by atoms with E-state index in [0.717, 1.165) is 22.2 Å². The van der Waals surface area contributed by atoms with Crippen LogP contribution in [0.1, 0.15) is 29.5 Å². The average Bonchev–Trinajstić information content (AvgIpc) is 3.38. The van der Waals surface area contributed by atoms with Gasteiger partial charge in [0.1, 0.15) is 0 Å². The number of aryl methyl sites for hydroxylation is 3. The van der Waals surface area contributed by atoms with E-state index in [4.69, 9.17) is 4.18 Å². The van der Waals surface area contributed by atoms with Crippen molar-refractivity contribution in [2.45, 2.75) is 49.5 Å². The minimum atomic E-state index is -3.89. The smallest absolute Gasteiger partial charge is 0.297 e. The molecule has 41 heavy (non-hydrogen) atoms. The molecule has 0 radical (unpaired) electrons. The number of hydrogen-bond donors (Lipinski definition) is 0. The maximum Gasteiger partial charge on any atom is 0.297 e. The number of hydrogen-bond acceptors (Lipinski definition) is 8. The standard InChI is InChI=1S/C30H30N4O5S2/c1-20-4-7-24(8-5-20)40(35,36)34-17-13-25-29-26(19-32-30(25)34)31-14-10-27(29)33-15-11-23(12-16-33)39-41(37,38)28-9-6-21(2)18-22(28)3/h4-10,13-14,17-19,23H,11-12,15-16H2,1-3H3. The fourth-order valence-corrected chi connectivity index (χ4v) is 8.12. The van der Waals surface area contributed by atoms with E-state index < -0.39 is 26.2 Å². The van der Waals surface area contributed by atoms with Gasteiger partial charge in [-0.2, -0.15) is 8.42 Å². The second kappa shape index (κ2) is 10.2. The van der Waals surface area contributed by atoms with Crippen molar-refractivity contribution in [1.82, 2.24) is 13.9 Å². The van der Waals surface area contributed by atoms with Crippen LogP contribution < -0.4 is 4.90 Å². The summed E-state index contributed by atoms with van der Waals surface area (Å²) >= 11 is 0. The Labute approximate surface area is 239 Å². The summed E-state index contributed by atoms with van der Waals surface area (Å²) in [5.74, 6) is 0. The molecule has 0 amide bonds. The van der Waals surface area contributed by atoms with Gasteiger partial charge in [-0.05, 0) is 69.5 Å². The molecule has 2 aromatic carbocycles. The number of anilines is 1. The van der Waals surface area contributed by atoms with Crippen molar-refractivity contribution in [1.29, 1.82) is 0 Å². The van der Waals surface area contributed by atoms with E-state index in [-0.39, 0.29) is 9.79 Å². The lowest BCUT2D eigenvalue weighted by atomic mass is 10.1. The molecule has 9 nitrogen and oxygen atoms in total. The van der Waals surface area contributed by atoms with E-state index in [1.807, 2.05) is 26.0 Å². The van der Waals surface area contributed by atoms with Crippen LogP contribution in [0.2, 0.25) is 0 Å². The van der Waals surface area contributed by atoms with Gasteiger partial charge in [-0.25, -0.2) is 17.4 Å². The van der Waals surface area contributed by atoms with E-state index in [1.165, 1.54) is 10.2 Å². The molecule has 6 rings (SSSR count). The molecule has 1 aliphatic heterocycles. The first kappa shape index (κ1) is 27.4. The van der Waals surface area contributed by atoms with Crippen molar-refractivity contribution < 1.29 is 21.0 Å². The fourth-order valence-electron chi connectivity index (χ4n) is 5.48. The molecule has 212 valence electrons. The molecule has 0 unspecified atom stereocenters. The van der Waals surface area contributed by atoms with Crippen LogP contribution in [0.4, 0.5) is 5.69 Å². The Balaban J connectivity index is 1.29. The maximum absolute atomic E-state index is 13.5. The van der Waals surface area contributed by atoms with E-state index in [2.05, 4.69) is 14.9 Å². The molecule has 3 aromatic heterocycles. The molecule has 4 heterocycles. The summed E-state index contributed by atoms with van der Waals surface area (Å²) in [6.07, 6.45) is 5.43. The van der Waals surface area contributed by atoms with E-state index in [1.54, 1.807) is 61.8 Å². The van der Waals surface area contributed by atoms with Crippen molar-refractivity contribution in [2.75, 3.05) is 18.0 Å². The van der Waals surface area contributed by atoms with Gasteiger partial charge in [0.25, 0.3) is 20.1 Å². The minimum Gasteiger partial charge on any atom is -0.371 e. The van der Waals surface area contributed by atoms with Crippen molar-refractivity contribution >= 4 is 47.8 Å². The minimum absolute atomic E-state index is 0.187. The van der Waals surface area contributed by atoms with Gasteiger partial charge < -0.3 is 4.90 Å². The first-order valence-corrected chi connectivity index (χ1v) is 16.2. The quantitative estimate of drug-likeness (QED) is 0.251. The largest absolute Gasteiger partial charge is 0.371 e. The molecule has 0 bridgehead atoms. The summed E-state index contributed by atoms with van der Waals surface area (Å²) in [5.41, 5.74) is 4.49. The summed E-state index contributed by atoms with van der Waals surface area (Å²) in [6.45, 7) is 6.74. The zero-order valence-electron chi connectivity index (χ0n) is 23.0. The Morgan fingerprint density at radius 3 is 2.27 bits per heavy atom. The highest BCUT2D eigenvalue weighted by Gasteiger charge is 2.29. The molecule has 0 spiro atoms. The van der Waals surface area contributed by atoms with Gasteiger partial charge in [-0.15, -0.1) is 0 Å². The number of aromatic nitrogens is 3. The number of rotatable bonds is 6. The third-order valence-corrected chi connectivity index (χ3v) is 10.8. The van der Waals surface area contributed by atoms with Gasteiger partial charge in [0, 0.05) is 41.9 Å². The van der Waals surface area contributed by atoms with Gasteiger partial charge >= 0.3 is 0 Å². The van der Waals surface area contributed by atoms with Crippen LogP contribution in [-0.2, 0) is 24.3 Å². The highest BCUT2D eigenvalue weighted by atomic mass is 32.2. The van der Waals surface area contributed by atoms with Gasteiger partial charge in [0.2, 0.25) is 0 Å². The Kier molecular flexibility index (Phi) is 6.83. The normalized spacial score (nSPS) is 15.1. The molecule has 1 fully saturated rings. The van der Waals surface area contributed by atoms with Crippen LogP contribution in [0.15, 0.2) is 83.0 Å². The lowest BCUT2D eigenvalue weighted by Crippen LogP contribution is -2.38. The summed E-state index contributed by atoms with van der Waals surface area (Å²) < 4.78 is 59.8. The molecule has 0 saturated carbocycles. The van der Waals surface area contributed by atoms with Crippen LogP contribution in [0.5, 0.6) is 0 Å². The number of piperidine rings is 1. The first-order chi connectivity index (χ1) is 19.5. The van der Waals surface area contributed by atoms with E-state index in [9.17, 15) is 16.8 Å². The Morgan fingerprint density at radius 1 is 0.854 bits per heavy atom. The summed E-state index contributed by atoms with van der Waals surface area (Å²) in [4.78, 5) is 11.5. The molecular weight excluding hydrogens is 560 g/mol. The third-order valence-electron chi connectivity index (χ3n) is 7.59. The van der Waals surface area contributed by atoms with Gasteiger partial charge in [0.05, 0.1) is 27.6 Å². The monoisotopic (exact) mass is 590 g/mol. The van der Waals surface area contributed by atoms with Crippen molar-refractivity contribution in [3.05, 3.63) is 89.9 Å². The predicted molar refractivity (Wildman–Crippen MR) is 158 cm³/mol. The summed E-state index contributed by atoms with van der Waals surface area (Å²) in [7, 11) is -7.74. The Bertz CT molecular complexity index is 1990. The van der Waals surface area contributed by atoms with Crippen LogP contribution >= 0.6 is 0 Å². The highest BCUT2D eigenvalue weighted by Crippen LogP contribution is 2.35.